The number of amides is 1. The molecule has 0 spiro atoms. The minimum atomic E-state index is -4.84. The summed E-state index contributed by atoms with van der Waals surface area (Å²) in [4.78, 5) is 12.7. The lowest BCUT2D eigenvalue weighted by Crippen LogP contribution is -2.29. The van der Waals surface area contributed by atoms with Gasteiger partial charge in [0.25, 0.3) is 5.91 Å². The molecule has 0 aliphatic heterocycles. The fourth-order valence-electron chi connectivity index (χ4n) is 2.93. The van der Waals surface area contributed by atoms with Crippen LogP contribution in [-0.4, -0.2) is 30.4 Å². The van der Waals surface area contributed by atoms with Crippen LogP contribution in [0.4, 0.5) is 13.2 Å². The second kappa shape index (κ2) is 8.35. The van der Waals surface area contributed by atoms with Crippen molar-refractivity contribution in [3.63, 3.8) is 0 Å². The Morgan fingerprint density at radius 1 is 1.10 bits per heavy atom. The van der Waals surface area contributed by atoms with E-state index in [1.807, 2.05) is 0 Å². The van der Waals surface area contributed by atoms with Gasteiger partial charge in [-0.05, 0) is 48.9 Å². The van der Waals surface area contributed by atoms with Gasteiger partial charge in [0, 0.05) is 11.3 Å². The molecule has 31 heavy (non-hydrogen) atoms. The van der Waals surface area contributed by atoms with Gasteiger partial charge in [0.2, 0.25) is 0 Å². The molecule has 0 saturated carbocycles. The number of halogens is 4. The molecule has 1 atom stereocenters. The van der Waals surface area contributed by atoms with Gasteiger partial charge in [0.15, 0.2) is 15.5 Å². The Bertz CT molecular complexity index is 1210. The van der Waals surface area contributed by atoms with E-state index in [1.54, 1.807) is 6.92 Å². The molecule has 1 unspecified atom stereocenters. The summed E-state index contributed by atoms with van der Waals surface area (Å²) < 4.78 is 65.0. The first-order valence-electron chi connectivity index (χ1n) is 8.90. The third-order valence-corrected chi connectivity index (χ3v) is 5.89. The summed E-state index contributed by atoms with van der Waals surface area (Å²) in [7, 11) is -3.39. The van der Waals surface area contributed by atoms with Crippen molar-refractivity contribution in [2.24, 2.45) is 0 Å². The predicted molar refractivity (Wildman–Crippen MR) is 109 cm³/mol. The van der Waals surface area contributed by atoms with Crippen molar-refractivity contribution >= 4 is 27.3 Å². The zero-order valence-corrected chi connectivity index (χ0v) is 17.9. The van der Waals surface area contributed by atoms with Gasteiger partial charge in [0.1, 0.15) is 0 Å². The maximum atomic E-state index is 13.8. The number of hydrogen-bond acceptors (Lipinski definition) is 4. The lowest BCUT2D eigenvalue weighted by Gasteiger charge is -2.16. The van der Waals surface area contributed by atoms with Crippen molar-refractivity contribution < 1.29 is 26.4 Å². The summed E-state index contributed by atoms with van der Waals surface area (Å²) in [6.07, 6.45) is -2.93. The molecule has 3 rings (SSSR count). The molecule has 0 saturated heterocycles. The Labute approximate surface area is 181 Å². The van der Waals surface area contributed by atoms with Crippen LogP contribution in [0.3, 0.4) is 0 Å². The molecule has 11 heteroatoms. The van der Waals surface area contributed by atoms with E-state index >= 15 is 0 Å². The summed E-state index contributed by atoms with van der Waals surface area (Å²) in [5, 5.41) is 6.59. The second-order valence-electron chi connectivity index (χ2n) is 6.83. The molecule has 6 nitrogen and oxygen atoms in total. The fraction of sp³-hybridized carbons (Fsp3) is 0.200. The summed E-state index contributed by atoms with van der Waals surface area (Å²) >= 11 is 5.79. The first-order chi connectivity index (χ1) is 14.4. The molecule has 0 radical (unpaired) electrons. The van der Waals surface area contributed by atoms with Crippen LogP contribution in [0.15, 0.2) is 59.6 Å². The van der Waals surface area contributed by atoms with Gasteiger partial charge in [-0.3, -0.25) is 4.79 Å². The maximum Gasteiger partial charge on any atom is 0.434 e. The molecule has 1 amide bonds. The fourth-order valence-corrected chi connectivity index (χ4v) is 3.68. The zero-order chi connectivity index (χ0) is 23.0. The largest absolute Gasteiger partial charge is 0.434 e. The topological polar surface area (TPSA) is 81.1 Å². The van der Waals surface area contributed by atoms with Gasteiger partial charge < -0.3 is 5.32 Å². The first kappa shape index (κ1) is 22.8. The third-order valence-electron chi connectivity index (χ3n) is 4.51. The lowest BCUT2D eigenvalue weighted by atomic mass is 10.1. The Kier molecular flexibility index (Phi) is 6.15. The highest BCUT2D eigenvalue weighted by atomic mass is 35.5. The van der Waals surface area contributed by atoms with Gasteiger partial charge in [-0.2, -0.15) is 18.3 Å². The van der Waals surface area contributed by atoms with E-state index in [0.29, 0.717) is 15.3 Å². The minimum Gasteiger partial charge on any atom is -0.345 e. The molecule has 1 aromatic heterocycles. The van der Waals surface area contributed by atoms with Crippen molar-refractivity contribution in [1.82, 2.24) is 15.1 Å². The molecule has 0 aliphatic rings. The van der Waals surface area contributed by atoms with Crippen LogP contribution < -0.4 is 5.32 Å². The number of nitrogens with zero attached hydrogens (tertiary/aromatic N) is 2. The summed E-state index contributed by atoms with van der Waals surface area (Å²) in [5.74, 6) is -0.966. The van der Waals surface area contributed by atoms with E-state index in [1.165, 1.54) is 48.5 Å². The van der Waals surface area contributed by atoms with Crippen LogP contribution in [0.2, 0.25) is 5.02 Å². The van der Waals surface area contributed by atoms with Crippen molar-refractivity contribution in [3.8, 4) is 5.69 Å². The molecular weight excluding hydrogens is 455 g/mol. The molecule has 0 bridgehead atoms. The van der Waals surface area contributed by atoms with E-state index in [9.17, 15) is 26.4 Å². The number of sulfone groups is 1. The standard InChI is InChI=1S/C20H17ClF3N3O3S/c1-12(13-3-9-16(10-4-13)31(2,29)30)26-19(28)17-11-25-27(18(17)20(22,23)24)15-7-5-14(21)6-8-15/h3-12H,1-2H3,(H,26,28). The minimum absolute atomic E-state index is 0.0957. The Hall–Kier alpha value is -2.85. The summed E-state index contributed by atoms with van der Waals surface area (Å²) in [6.45, 7) is 1.57. The van der Waals surface area contributed by atoms with Gasteiger partial charge in [-0.15, -0.1) is 0 Å². The number of alkyl halides is 3. The molecule has 1 N–H and O–H groups in total. The van der Waals surface area contributed by atoms with Crippen LogP contribution in [-0.2, 0) is 16.0 Å². The summed E-state index contributed by atoms with van der Waals surface area (Å²) in [5.41, 5.74) is -1.23. The Morgan fingerprint density at radius 3 is 2.19 bits per heavy atom. The quantitative estimate of drug-likeness (QED) is 0.596. The van der Waals surface area contributed by atoms with Crippen LogP contribution in [0.25, 0.3) is 5.69 Å². The average molecular weight is 472 g/mol. The smallest absolute Gasteiger partial charge is 0.345 e. The molecule has 2 aromatic carbocycles. The predicted octanol–water partition coefficient (Wildman–Crippen LogP) is 4.44. The number of rotatable bonds is 5. The van der Waals surface area contributed by atoms with Crippen LogP contribution in [0.5, 0.6) is 0 Å². The van der Waals surface area contributed by atoms with E-state index in [2.05, 4.69) is 10.4 Å². The third kappa shape index (κ3) is 5.08. The average Bonchev–Trinajstić information content (AvgIpc) is 3.14. The monoisotopic (exact) mass is 471 g/mol. The van der Waals surface area contributed by atoms with Crippen LogP contribution in [0.1, 0.15) is 34.6 Å². The molecule has 0 fully saturated rings. The number of carbonyl (C=O) groups is 1. The zero-order valence-electron chi connectivity index (χ0n) is 16.3. The van der Waals surface area contributed by atoms with Crippen molar-refractivity contribution in [1.29, 1.82) is 0 Å². The number of aromatic nitrogens is 2. The van der Waals surface area contributed by atoms with Crippen molar-refractivity contribution in [3.05, 3.63) is 76.6 Å². The number of nitrogens with one attached hydrogen (secondary N) is 1. The summed E-state index contributed by atoms with van der Waals surface area (Å²) in [6, 6.07) is 10.6. The van der Waals surface area contributed by atoms with Gasteiger partial charge in [-0.25, -0.2) is 13.1 Å². The lowest BCUT2D eigenvalue weighted by molar-refractivity contribution is -0.143. The SMILES string of the molecule is CC(NC(=O)c1cnn(-c2ccc(Cl)cc2)c1C(F)(F)F)c1ccc(S(C)(=O)=O)cc1. The highest BCUT2D eigenvalue weighted by Crippen LogP contribution is 2.34. The number of carbonyl (C=O) groups excluding carboxylic acids is 1. The van der Waals surface area contributed by atoms with Gasteiger partial charge in [0.05, 0.1) is 28.4 Å². The Morgan fingerprint density at radius 2 is 1.68 bits per heavy atom. The van der Waals surface area contributed by atoms with Crippen LogP contribution >= 0.6 is 11.6 Å². The van der Waals surface area contributed by atoms with Crippen molar-refractivity contribution in [2.45, 2.75) is 24.0 Å². The van der Waals surface area contributed by atoms with Crippen LogP contribution in [0, 0.1) is 0 Å². The molecule has 0 aliphatic carbocycles. The number of benzene rings is 2. The van der Waals surface area contributed by atoms with Crippen molar-refractivity contribution in [2.75, 3.05) is 6.26 Å². The van der Waals surface area contributed by atoms with E-state index in [0.717, 1.165) is 12.5 Å². The highest BCUT2D eigenvalue weighted by Gasteiger charge is 2.40. The first-order valence-corrected chi connectivity index (χ1v) is 11.2. The molecule has 164 valence electrons. The van der Waals surface area contributed by atoms with E-state index < -0.39 is 39.2 Å². The Balaban J connectivity index is 1.90. The van der Waals surface area contributed by atoms with E-state index in [-0.39, 0.29) is 10.6 Å². The highest BCUT2D eigenvalue weighted by molar-refractivity contribution is 7.90. The molecular formula is C20H17ClF3N3O3S. The second-order valence-corrected chi connectivity index (χ2v) is 9.28. The van der Waals surface area contributed by atoms with Gasteiger partial charge in [-0.1, -0.05) is 23.7 Å². The maximum absolute atomic E-state index is 13.8. The van der Waals surface area contributed by atoms with Gasteiger partial charge >= 0.3 is 6.18 Å². The molecule has 1 heterocycles. The molecule has 3 aromatic rings. The van der Waals surface area contributed by atoms with E-state index in [4.69, 9.17) is 11.6 Å². The normalized spacial score (nSPS) is 13.1. The number of hydrogen-bond donors (Lipinski definition) is 1.